The fourth-order valence-electron chi connectivity index (χ4n) is 1.45. The van der Waals surface area contributed by atoms with Gasteiger partial charge in [-0.15, -0.1) is 0 Å². The Morgan fingerprint density at radius 2 is 1.85 bits per heavy atom. The third kappa shape index (κ3) is 6.04. The molecular weight excluding hydrogens is 260 g/mol. The number of aliphatic hydroxyl groups is 1. The van der Waals surface area contributed by atoms with Gasteiger partial charge in [0.05, 0.1) is 24.9 Å². The quantitative estimate of drug-likeness (QED) is 0.739. The first-order valence-corrected chi connectivity index (χ1v) is 6.72. The Kier molecular flexibility index (Phi) is 7.04. The number of carbonyl (C=O) groups excluding carboxylic acids is 1. The smallest absolute Gasteiger partial charge is 0.338 e. The van der Waals surface area contributed by atoms with Crippen molar-refractivity contribution < 1.29 is 24.1 Å². The first-order valence-electron chi connectivity index (χ1n) is 6.72. The van der Waals surface area contributed by atoms with Gasteiger partial charge >= 0.3 is 5.97 Å². The van der Waals surface area contributed by atoms with Gasteiger partial charge in [-0.2, -0.15) is 0 Å². The van der Waals surface area contributed by atoms with Gasteiger partial charge in [-0.1, -0.05) is 0 Å². The molecule has 1 unspecified atom stereocenters. The number of aliphatic hydroxyl groups excluding tert-OH is 1. The van der Waals surface area contributed by atoms with Gasteiger partial charge in [0.25, 0.3) is 0 Å². The third-order valence-corrected chi connectivity index (χ3v) is 2.43. The Hall–Kier alpha value is -1.59. The summed E-state index contributed by atoms with van der Waals surface area (Å²) in [5.74, 6) is 0.228. The van der Waals surface area contributed by atoms with Crippen LogP contribution in [-0.4, -0.2) is 43.1 Å². The predicted molar refractivity (Wildman–Crippen MR) is 75.0 cm³/mol. The van der Waals surface area contributed by atoms with Crippen LogP contribution in [0.15, 0.2) is 24.3 Å². The number of rotatable bonds is 8. The van der Waals surface area contributed by atoms with Gasteiger partial charge in [0.15, 0.2) is 0 Å². The maximum Gasteiger partial charge on any atom is 0.338 e. The summed E-state index contributed by atoms with van der Waals surface area (Å²) in [6.07, 6.45) is -0.601. The van der Waals surface area contributed by atoms with Crippen LogP contribution in [0.5, 0.6) is 5.75 Å². The summed E-state index contributed by atoms with van der Waals surface area (Å²) < 4.78 is 15.6. The van der Waals surface area contributed by atoms with Crippen molar-refractivity contribution in [2.75, 3.05) is 19.8 Å². The molecule has 0 saturated heterocycles. The van der Waals surface area contributed by atoms with Crippen molar-refractivity contribution in [2.24, 2.45) is 0 Å². The van der Waals surface area contributed by atoms with Crippen LogP contribution >= 0.6 is 0 Å². The lowest BCUT2D eigenvalue weighted by molar-refractivity contribution is -0.0122. The van der Waals surface area contributed by atoms with Crippen LogP contribution in [0.4, 0.5) is 0 Å². The molecule has 1 atom stereocenters. The summed E-state index contributed by atoms with van der Waals surface area (Å²) in [4.78, 5) is 11.5. The van der Waals surface area contributed by atoms with E-state index < -0.39 is 6.10 Å². The van der Waals surface area contributed by atoms with Crippen molar-refractivity contribution in [1.82, 2.24) is 0 Å². The highest BCUT2D eigenvalue weighted by molar-refractivity contribution is 5.89. The molecule has 1 aromatic carbocycles. The fraction of sp³-hybridized carbons (Fsp3) is 0.533. The van der Waals surface area contributed by atoms with Crippen LogP contribution in [0, 0.1) is 0 Å². The first kappa shape index (κ1) is 16.5. The van der Waals surface area contributed by atoms with E-state index in [0.717, 1.165) is 0 Å². The number of esters is 1. The minimum Gasteiger partial charge on any atom is -0.491 e. The topological polar surface area (TPSA) is 65.0 Å². The minimum atomic E-state index is -0.679. The molecule has 20 heavy (non-hydrogen) atoms. The Labute approximate surface area is 119 Å². The van der Waals surface area contributed by atoms with Crippen LogP contribution in [0.2, 0.25) is 0 Å². The Bertz CT molecular complexity index is 399. The number of benzene rings is 1. The van der Waals surface area contributed by atoms with Crippen molar-refractivity contribution in [2.45, 2.75) is 33.0 Å². The summed E-state index contributed by atoms with van der Waals surface area (Å²) in [5.41, 5.74) is 0.475. The molecule has 0 radical (unpaired) electrons. The van der Waals surface area contributed by atoms with Crippen molar-refractivity contribution in [3.05, 3.63) is 29.8 Å². The maximum absolute atomic E-state index is 11.5. The lowest BCUT2D eigenvalue weighted by atomic mass is 10.2. The van der Waals surface area contributed by atoms with E-state index in [2.05, 4.69) is 0 Å². The fourth-order valence-corrected chi connectivity index (χ4v) is 1.45. The molecule has 0 heterocycles. The zero-order valence-electron chi connectivity index (χ0n) is 12.2. The van der Waals surface area contributed by atoms with Crippen LogP contribution in [0.1, 0.15) is 31.1 Å². The monoisotopic (exact) mass is 282 g/mol. The van der Waals surface area contributed by atoms with E-state index in [1.54, 1.807) is 31.2 Å². The molecule has 0 aliphatic carbocycles. The van der Waals surface area contributed by atoms with E-state index in [9.17, 15) is 9.90 Å². The molecule has 112 valence electrons. The molecule has 0 aliphatic heterocycles. The summed E-state index contributed by atoms with van der Waals surface area (Å²) in [6.45, 7) is 6.29. The van der Waals surface area contributed by atoms with Gasteiger partial charge in [-0.3, -0.25) is 0 Å². The second kappa shape index (κ2) is 8.55. The average Bonchev–Trinajstić information content (AvgIpc) is 2.43. The number of carbonyl (C=O) groups is 1. The molecule has 0 saturated carbocycles. The van der Waals surface area contributed by atoms with Crippen LogP contribution < -0.4 is 4.74 Å². The van der Waals surface area contributed by atoms with E-state index in [4.69, 9.17) is 14.2 Å². The van der Waals surface area contributed by atoms with Gasteiger partial charge in [0.1, 0.15) is 18.5 Å². The molecule has 5 heteroatoms. The van der Waals surface area contributed by atoms with Gasteiger partial charge in [0.2, 0.25) is 0 Å². The minimum absolute atomic E-state index is 0.0773. The molecule has 0 aromatic heterocycles. The van der Waals surface area contributed by atoms with Gasteiger partial charge < -0.3 is 19.3 Å². The molecule has 0 amide bonds. The van der Waals surface area contributed by atoms with Crippen molar-refractivity contribution in [3.8, 4) is 5.75 Å². The lowest BCUT2D eigenvalue weighted by Gasteiger charge is -2.14. The van der Waals surface area contributed by atoms with Gasteiger partial charge in [-0.05, 0) is 45.0 Å². The highest BCUT2D eigenvalue weighted by Crippen LogP contribution is 2.13. The molecule has 0 spiro atoms. The van der Waals surface area contributed by atoms with E-state index in [1.165, 1.54) is 0 Å². The first-order chi connectivity index (χ1) is 9.52. The van der Waals surface area contributed by atoms with Crippen molar-refractivity contribution >= 4 is 5.97 Å². The number of ether oxygens (including phenoxy) is 3. The average molecular weight is 282 g/mol. The van der Waals surface area contributed by atoms with Crippen LogP contribution in [-0.2, 0) is 9.47 Å². The lowest BCUT2D eigenvalue weighted by Crippen LogP contribution is -2.25. The van der Waals surface area contributed by atoms with E-state index in [0.29, 0.717) is 17.9 Å². The second-order valence-electron chi connectivity index (χ2n) is 4.59. The van der Waals surface area contributed by atoms with E-state index >= 15 is 0 Å². The highest BCUT2D eigenvalue weighted by atomic mass is 16.5. The van der Waals surface area contributed by atoms with E-state index in [1.807, 2.05) is 13.8 Å². The third-order valence-electron chi connectivity index (χ3n) is 2.43. The largest absolute Gasteiger partial charge is 0.491 e. The predicted octanol–water partition coefficient (Wildman–Crippen LogP) is 2.03. The molecule has 0 fully saturated rings. The zero-order chi connectivity index (χ0) is 15.0. The summed E-state index contributed by atoms with van der Waals surface area (Å²) in [5, 5.41) is 9.65. The molecule has 5 nitrogen and oxygen atoms in total. The Balaban J connectivity index is 2.39. The molecule has 0 bridgehead atoms. The normalized spacial score (nSPS) is 12.2. The Morgan fingerprint density at radius 1 is 1.20 bits per heavy atom. The molecule has 1 rings (SSSR count). The number of hydrogen-bond donors (Lipinski definition) is 1. The Morgan fingerprint density at radius 3 is 2.40 bits per heavy atom. The highest BCUT2D eigenvalue weighted by Gasteiger charge is 2.08. The van der Waals surface area contributed by atoms with Gasteiger partial charge in [-0.25, -0.2) is 4.79 Å². The summed E-state index contributed by atoms with van der Waals surface area (Å²) in [6, 6.07) is 6.60. The summed E-state index contributed by atoms with van der Waals surface area (Å²) in [7, 11) is 0. The summed E-state index contributed by atoms with van der Waals surface area (Å²) >= 11 is 0. The van der Waals surface area contributed by atoms with Crippen LogP contribution in [0.3, 0.4) is 0 Å². The van der Waals surface area contributed by atoms with Crippen molar-refractivity contribution in [3.63, 3.8) is 0 Å². The molecular formula is C15H22O5. The molecule has 1 aromatic rings. The molecule has 1 N–H and O–H groups in total. The van der Waals surface area contributed by atoms with Crippen LogP contribution in [0.25, 0.3) is 0 Å². The SMILES string of the molecule is CCOC(=O)c1ccc(OCC(O)COC(C)C)cc1. The maximum atomic E-state index is 11.5. The standard InChI is InChI=1S/C15H22O5/c1-4-18-15(17)12-5-7-14(8-6-12)20-10-13(16)9-19-11(2)3/h5-8,11,13,16H,4,9-10H2,1-3H3. The van der Waals surface area contributed by atoms with Gasteiger partial charge in [0, 0.05) is 0 Å². The number of hydrogen-bond acceptors (Lipinski definition) is 5. The van der Waals surface area contributed by atoms with Crippen molar-refractivity contribution in [1.29, 1.82) is 0 Å². The molecule has 0 aliphatic rings. The second-order valence-corrected chi connectivity index (χ2v) is 4.59. The van der Waals surface area contributed by atoms with E-state index in [-0.39, 0.29) is 25.3 Å². The zero-order valence-corrected chi connectivity index (χ0v) is 12.2.